The third-order valence-electron chi connectivity index (χ3n) is 5.14. The zero-order chi connectivity index (χ0) is 20.1. The summed E-state index contributed by atoms with van der Waals surface area (Å²) in [5, 5.41) is 4.89. The van der Waals surface area contributed by atoms with Crippen molar-refractivity contribution in [2.45, 2.75) is 32.7 Å². The lowest BCUT2D eigenvalue weighted by Crippen LogP contribution is -2.31. The van der Waals surface area contributed by atoms with Gasteiger partial charge in [0.05, 0.1) is 5.56 Å². The highest BCUT2D eigenvalue weighted by Crippen LogP contribution is 2.28. The summed E-state index contributed by atoms with van der Waals surface area (Å²) >= 11 is 6.14. The number of benzene rings is 1. The summed E-state index contributed by atoms with van der Waals surface area (Å²) in [5.74, 6) is 2.22. The number of hydrogen-bond donors (Lipinski definition) is 0. The first-order valence-corrected chi connectivity index (χ1v) is 10.6. The normalized spacial score (nSPS) is 15.4. The van der Waals surface area contributed by atoms with Crippen molar-refractivity contribution in [3.8, 4) is 11.5 Å². The molecule has 4 rings (SSSR count). The molecule has 0 atom stereocenters. The Bertz CT molecular complexity index is 944. The first-order chi connectivity index (χ1) is 14.2. The Morgan fingerprint density at radius 3 is 2.90 bits per heavy atom. The van der Waals surface area contributed by atoms with Gasteiger partial charge in [0.1, 0.15) is 5.82 Å². The molecule has 1 aliphatic heterocycles. The van der Waals surface area contributed by atoms with Gasteiger partial charge < -0.3 is 9.42 Å². The number of halogens is 1. The van der Waals surface area contributed by atoms with E-state index in [0.29, 0.717) is 5.89 Å². The Balaban J connectivity index is 1.48. The molecule has 29 heavy (non-hydrogen) atoms. The molecule has 7 heteroatoms. The van der Waals surface area contributed by atoms with E-state index in [1.54, 1.807) is 0 Å². The molecule has 0 spiro atoms. The van der Waals surface area contributed by atoms with Gasteiger partial charge in [-0.2, -0.15) is 4.98 Å². The van der Waals surface area contributed by atoms with E-state index in [1.807, 2.05) is 36.5 Å². The van der Waals surface area contributed by atoms with Gasteiger partial charge in [0.25, 0.3) is 5.89 Å². The molecule has 152 valence electrons. The lowest BCUT2D eigenvalue weighted by molar-refractivity contribution is 0.285. The van der Waals surface area contributed by atoms with Crippen LogP contribution in [0.15, 0.2) is 47.1 Å². The fourth-order valence-corrected chi connectivity index (χ4v) is 3.95. The fraction of sp³-hybridized carbons (Fsp3) is 0.409. The molecule has 0 aliphatic carbocycles. The molecule has 3 aromatic rings. The van der Waals surface area contributed by atoms with Crippen LogP contribution in [0.1, 0.15) is 31.2 Å². The van der Waals surface area contributed by atoms with E-state index in [2.05, 4.69) is 37.9 Å². The third kappa shape index (κ3) is 4.95. The van der Waals surface area contributed by atoms with E-state index in [9.17, 15) is 0 Å². The summed E-state index contributed by atoms with van der Waals surface area (Å²) in [5.41, 5.74) is 2.16. The minimum Gasteiger partial charge on any atom is -0.355 e. The Morgan fingerprint density at radius 2 is 2.03 bits per heavy atom. The molecule has 0 bridgehead atoms. The Kier molecular flexibility index (Phi) is 6.42. The second kappa shape index (κ2) is 9.37. The molecular weight excluding hydrogens is 386 g/mol. The molecule has 2 aromatic heterocycles. The number of nitrogens with zero attached hydrogens (tertiary/aromatic N) is 5. The van der Waals surface area contributed by atoms with Crippen molar-refractivity contribution in [2.24, 2.45) is 0 Å². The highest BCUT2D eigenvalue weighted by Gasteiger charge is 2.21. The largest absolute Gasteiger partial charge is 0.355 e. The van der Waals surface area contributed by atoms with Crippen LogP contribution >= 0.6 is 11.6 Å². The van der Waals surface area contributed by atoms with E-state index in [1.165, 1.54) is 5.56 Å². The number of anilines is 1. The van der Waals surface area contributed by atoms with Gasteiger partial charge in [0, 0.05) is 50.4 Å². The topological polar surface area (TPSA) is 58.3 Å². The maximum atomic E-state index is 6.14. The van der Waals surface area contributed by atoms with Crippen molar-refractivity contribution in [3.05, 3.63) is 59.0 Å². The lowest BCUT2D eigenvalue weighted by atomic mass is 10.2. The average Bonchev–Trinajstić information content (AvgIpc) is 3.07. The molecule has 6 nitrogen and oxygen atoms in total. The Labute approximate surface area is 176 Å². The first kappa shape index (κ1) is 19.9. The minimum absolute atomic E-state index is 0.552. The average molecular weight is 412 g/mol. The van der Waals surface area contributed by atoms with Crippen LogP contribution in [0.5, 0.6) is 0 Å². The standard InChI is InChI=1S/C22H26ClN5O/c1-2-6-20-25-22(29-26-20)19-9-4-10-24-21(19)28-12-5-11-27(13-14-28)16-17-7-3-8-18(23)15-17/h3-4,7-10,15H,2,5-6,11-14,16H2,1H3. The molecule has 0 radical (unpaired) electrons. The SMILES string of the molecule is CCCc1noc(-c2cccnc2N2CCCN(Cc3cccc(Cl)c3)CC2)n1. The quantitative estimate of drug-likeness (QED) is 0.597. The molecule has 3 heterocycles. The monoisotopic (exact) mass is 411 g/mol. The maximum absolute atomic E-state index is 6.14. The molecule has 0 saturated carbocycles. The van der Waals surface area contributed by atoms with E-state index < -0.39 is 0 Å². The van der Waals surface area contributed by atoms with Gasteiger partial charge in [-0.25, -0.2) is 4.98 Å². The van der Waals surface area contributed by atoms with Crippen molar-refractivity contribution in [2.75, 3.05) is 31.1 Å². The molecule has 1 aliphatic rings. The zero-order valence-electron chi connectivity index (χ0n) is 16.7. The van der Waals surface area contributed by atoms with E-state index >= 15 is 0 Å². The molecule has 1 aromatic carbocycles. The Morgan fingerprint density at radius 1 is 1.10 bits per heavy atom. The van der Waals surface area contributed by atoms with Crippen molar-refractivity contribution in [1.29, 1.82) is 0 Å². The maximum Gasteiger partial charge on any atom is 0.261 e. The van der Waals surface area contributed by atoms with Crippen molar-refractivity contribution < 1.29 is 4.52 Å². The van der Waals surface area contributed by atoms with Crippen molar-refractivity contribution >= 4 is 17.4 Å². The Hall–Kier alpha value is -2.44. The van der Waals surface area contributed by atoms with Crippen LogP contribution < -0.4 is 4.90 Å². The van der Waals surface area contributed by atoms with Gasteiger partial charge in [-0.15, -0.1) is 0 Å². The summed E-state index contributed by atoms with van der Waals surface area (Å²) < 4.78 is 5.53. The summed E-state index contributed by atoms with van der Waals surface area (Å²) in [7, 11) is 0. The second-order valence-electron chi connectivity index (χ2n) is 7.39. The molecule has 1 fully saturated rings. The predicted molar refractivity (Wildman–Crippen MR) is 115 cm³/mol. The first-order valence-electron chi connectivity index (χ1n) is 10.2. The van der Waals surface area contributed by atoms with Crippen LogP contribution in [0.2, 0.25) is 5.02 Å². The molecule has 1 saturated heterocycles. The molecule has 0 N–H and O–H groups in total. The van der Waals surface area contributed by atoms with Gasteiger partial charge in [-0.3, -0.25) is 4.90 Å². The summed E-state index contributed by atoms with van der Waals surface area (Å²) in [4.78, 5) is 14.0. The number of hydrogen-bond acceptors (Lipinski definition) is 6. The van der Waals surface area contributed by atoms with Crippen LogP contribution in [-0.4, -0.2) is 46.2 Å². The van der Waals surface area contributed by atoms with Crippen molar-refractivity contribution in [3.63, 3.8) is 0 Å². The third-order valence-corrected chi connectivity index (χ3v) is 5.38. The highest BCUT2D eigenvalue weighted by molar-refractivity contribution is 6.30. The fourth-order valence-electron chi connectivity index (χ4n) is 3.74. The molecule has 0 amide bonds. The van der Waals surface area contributed by atoms with Gasteiger partial charge in [-0.1, -0.05) is 35.8 Å². The zero-order valence-corrected chi connectivity index (χ0v) is 17.5. The summed E-state index contributed by atoms with van der Waals surface area (Å²) in [6.45, 7) is 6.89. The van der Waals surface area contributed by atoms with Crippen LogP contribution in [0, 0.1) is 0 Å². The van der Waals surface area contributed by atoms with E-state index in [0.717, 1.165) is 74.2 Å². The van der Waals surface area contributed by atoms with Gasteiger partial charge in [0.2, 0.25) is 0 Å². The van der Waals surface area contributed by atoms with Gasteiger partial charge in [0.15, 0.2) is 5.82 Å². The van der Waals surface area contributed by atoms with E-state index in [4.69, 9.17) is 16.1 Å². The van der Waals surface area contributed by atoms with Crippen LogP contribution in [0.3, 0.4) is 0 Å². The lowest BCUT2D eigenvalue weighted by Gasteiger charge is -2.24. The minimum atomic E-state index is 0.552. The van der Waals surface area contributed by atoms with Crippen LogP contribution in [-0.2, 0) is 13.0 Å². The van der Waals surface area contributed by atoms with Crippen LogP contribution in [0.4, 0.5) is 5.82 Å². The second-order valence-corrected chi connectivity index (χ2v) is 7.82. The number of pyridine rings is 1. The number of rotatable bonds is 6. The predicted octanol–water partition coefficient (Wildman–Crippen LogP) is 4.45. The summed E-state index contributed by atoms with van der Waals surface area (Å²) in [6.07, 6.45) is 4.72. The van der Waals surface area contributed by atoms with Crippen LogP contribution in [0.25, 0.3) is 11.5 Å². The van der Waals surface area contributed by atoms with Crippen molar-refractivity contribution in [1.82, 2.24) is 20.0 Å². The smallest absolute Gasteiger partial charge is 0.261 e. The molecular formula is C22H26ClN5O. The van der Waals surface area contributed by atoms with Gasteiger partial charge >= 0.3 is 0 Å². The number of aromatic nitrogens is 3. The highest BCUT2D eigenvalue weighted by atomic mass is 35.5. The molecule has 0 unspecified atom stereocenters. The number of aryl methyl sites for hydroxylation is 1. The van der Waals surface area contributed by atoms with Gasteiger partial charge in [-0.05, 0) is 42.7 Å². The summed E-state index contributed by atoms with van der Waals surface area (Å²) in [6, 6.07) is 12.0. The van der Waals surface area contributed by atoms with E-state index in [-0.39, 0.29) is 0 Å².